The Morgan fingerprint density at radius 1 is 1.60 bits per heavy atom. The van der Waals surface area contributed by atoms with Gasteiger partial charge in [-0.3, -0.25) is 4.90 Å². The quantitative estimate of drug-likeness (QED) is 0.848. The molecule has 0 amide bonds. The van der Waals surface area contributed by atoms with E-state index in [-0.39, 0.29) is 0 Å². The zero-order valence-electron chi connectivity index (χ0n) is 12.1. The van der Waals surface area contributed by atoms with Gasteiger partial charge in [-0.1, -0.05) is 13.8 Å². The molecule has 1 aromatic heterocycles. The Kier molecular flexibility index (Phi) is 5.31. The number of aliphatic carboxylic acids is 1. The normalized spacial score (nSPS) is 20.6. The summed E-state index contributed by atoms with van der Waals surface area (Å²) in [7, 11) is 0. The molecule has 5 heteroatoms. The molecule has 110 valence electrons. The maximum absolute atomic E-state index is 10.6. The summed E-state index contributed by atoms with van der Waals surface area (Å²) < 4.78 is 0. The molecule has 0 spiro atoms. The number of carbonyl (C=O) groups is 1. The monoisotopic (exact) mass is 294 g/mol. The van der Waals surface area contributed by atoms with E-state index in [9.17, 15) is 4.79 Å². The fourth-order valence-electron chi connectivity index (χ4n) is 2.63. The Hall–Kier alpha value is -1.20. The summed E-state index contributed by atoms with van der Waals surface area (Å²) >= 11 is 1.62. The van der Waals surface area contributed by atoms with Crippen LogP contribution in [0.5, 0.6) is 0 Å². The molecule has 1 saturated heterocycles. The number of hydrogen-bond donors (Lipinski definition) is 1. The first-order valence-corrected chi connectivity index (χ1v) is 8.02. The van der Waals surface area contributed by atoms with E-state index in [1.54, 1.807) is 17.4 Å². The van der Waals surface area contributed by atoms with Gasteiger partial charge in [0.2, 0.25) is 0 Å². The van der Waals surface area contributed by atoms with Crippen LogP contribution in [0.15, 0.2) is 6.08 Å². The molecule has 1 atom stereocenters. The van der Waals surface area contributed by atoms with E-state index in [1.807, 2.05) is 0 Å². The van der Waals surface area contributed by atoms with Crippen molar-refractivity contribution in [3.8, 4) is 0 Å². The van der Waals surface area contributed by atoms with Gasteiger partial charge in [-0.25, -0.2) is 9.78 Å². The van der Waals surface area contributed by atoms with Crippen molar-refractivity contribution in [1.29, 1.82) is 0 Å². The number of thiazole rings is 1. The number of carboxylic acid groups (broad SMARTS) is 1. The zero-order chi connectivity index (χ0) is 14.5. The molecule has 20 heavy (non-hydrogen) atoms. The first-order chi connectivity index (χ1) is 9.58. The summed E-state index contributed by atoms with van der Waals surface area (Å²) in [5.41, 5.74) is 1.01. The van der Waals surface area contributed by atoms with E-state index >= 15 is 0 Å². The predicted molar refractivity (Wildman–Crippen MR) is 81.8 cm³/mol. The molecule has 0 radical (unpaired) electrons. The van der Waals surface area contributed by atoms with Crippen LogP contribution in [0.1, 0.15) is 42.3 Å². The highest BCUT2D eigenvalue weighted by molar-refractivity contribution is 7.12. The third-order valence-corrected chi connectivity index (χ3v) is 4.63. The van der Waals surface area contributed by atoms with Gasteiger partial charge in [0.15, 0.2) is 0 Å². The van der Waals surface area contributed by atoms with Gasteiger partial charge in [0, 0.05) is 12.6 Å². The minimum Gasteiger partial charge on any atom is -0.478 e. The molecule has 1 N–H and O–H groups in total. The number of piperidine rings is 1. The molecule has 0 aromatic carbocycles. The van der Waals surface area contributed by atoms with E-state index in [1.165, 1.54) is 18.9 Å². The van der Waals surface area contributed by atoms with Crippen molar-refractivity contribution in [2.45, 2.75) is 39.7 Å². The zero-order valence-corrected chi connectivity index (χ0v) is 12.9. The van der Waals surface area contributed by atoms with Gasteiger partial charge in [0.05, 0.1) is 17.1 Å². The second-order valence-electron chi connectivity index (χ2n) is 5.43. The smallest absolute Gasteiger partial charge is 0.328 e. The molecule has 0 saturated carbocycles. The lowest BCUT2D eigenvalue weighted by molar-refractivity contribution is -0.131. The van der Waals surface area contributed by atoms with E-state index in [0.29, 0.717) is 0 Å². The van der Waals surface area contributed by atoms with Crippen molar-refractivity contribution in [2.75, 3.05) is 13.1 Å². The van der Waals surface area contributed by atoms with Crippen LogP contribution in [0.25, 0.3) is 6.08 Å². The van der Waals surface area contributed by atoms with Crippen LogP contribution in [0.3, 0.4) is 0 Å². The summed E-state index contributed by atoms with van der Waals surface area (Å²) in [6, 6.07) is 0. The Morgan fingerprint density at radius 3 is 3.05 bits per heavy atom. The highest BCUT2D eigenvalue weighted by Gasteiger charge is 2.18. The molecular weight excluding hydrogens is 272 g/mol. The molecule has 1 aromatic rings. The lowest BCUT2D eigenvalue weighted by Gasteiger charge is -2.29. The number of likely N-dealkylation sites (tertiary alicyclic amines) is 1. The van der Waals surface area contributed by atoms with Crippen molar-refractivity contribution in [2.24, 2.45) is 5.92 Å². The summed E-state index contributed by atoms with van der Waals surface area (Å²) in [6.07, 6.45) is 6.28. The van der Waals surface area contributed by atoms with Crippen molar-refractivity contribution < 1.29 is 9.90 Å². The Bertz CT molecular complexity index is 496. The van der Waals surface area contributed by atoms with Gasteiger partial charge in [-0.2, -0.15) is 0 Å². The van der Waals surface area contributed by atoms with Crippen LogP contribution >= 0.6 is 11.3 Å². The van der Waals surface area contributed by atoms with Gasteiger partial charge in [0.25, 0.3) is 0 Å². The fourth-order valence-corrected chi connectivity index (χ4v) is 3.73. The molecule has 2 rings (SSSR count). The van der Waals surface area contributed by atoms with Crippen molar-refractivity contribution in [1.82, 2.24) is 9.88 Å². The second kappa shape index (κ2) is 6.99. The van der Waals surface area contributed by atoms with E-state index in [2.05, 4.69) is 23.7 Å². The summed E-state index contributed by atoms with van der Waals surface area (Å²) in [6.45, 7) is 7.53. The third kappa shape index (κ3) is 4.15. The molecule has 2 heterocycles. The van der Waals surface area contributed by atoms with Crippen LogP contribution in [0, 0.1) is 5.92 Å². The van der Waals surface area contributed by atoms with E-state index in [0.717, 1.165) is 47.6 Å². The predicted octanol–water partition coefficient (Wildman–Crippen LogP) is 3.04. The highest BCUT2D eigenvalue weighted by atomic mass is 32.1. The third-order valence-electron chi connectivity index (χ3n) is 3.58. The maximum atomic E-state index is 10.6. The van der Waals surface area contributed by atoms with Crippen molar-refractivity contribution in [3.05, 3.63) is 21.7 Å². The topological polar surface area (TPSA) is 53.4 Å². The number of carboxylic acids is 1. The molecule has 1 aliphatic heterocycles. The molecule has 1 unspecified atom stereocenters. The molecule has 4 nitrogen and oxygen atoms in total. The lowest BCUT2D eigenvalue weighted by Crippen LogP contribution is -2.33. The molecule has 0 aliphatic carbocycles. The summed E-state index contributed by atoms with van der Waals surface area (Å²) in [5.74, 6) is -0.146. The minimum atomic E-state index is -0.910. The molecule has 0 bridgehead atoms. The van der Waals surface area contributed by atoms with Crippen LogP contribution in [-0.4, -0.2) is 34.0 Å². The van der Waals surface area contributed by atoms with Gasteiger partial charge in [-0.15, -0.1) is 11.3 Å². The van der Waals surface area contributed by atoms with Gasteiger partial charge < -0.3 is 5.11 Å². The van der Waals surface area contributed by atoms with Crippen molar-refractivity contribution in [3.63, 3.8) is 0 Å². The Labute approximate surface area is 124 Å². The largest absolute Gasteiger partial charge is 0.478 e. The van der Waals surface area contributed by atoms with Crippen LogP contribution in [-0.2, 0) is 17.8 Å². The molecular formula is C15H22N2O2S. The number of aryl methyl sites for hydroxylation is 1. The number of hydrogen-bond acceptors (Lipinski definition) is 4. The fraction of sp³-hybridized carbons (Fsp3) is 0.600. The number of nitrogens with zero attached hydrogens (tertiary/aromatic N) is 2. The van der Waals surface area contributed by atoms with E-state index in [4.69, 9.17) is 5.11 Å². The van der Waals surface area contributed by atoms with Gasteiger partial charge in [-0.05, 0) is 37.8 Å². The Balaban J connectivity index is 2.06. The maximum Gasteiger partial charge on any atom is 0.328 e. The first kappa shape index (κ1) is 15.2. The van der Waals surface area contributed by atoms with Crippen LogP contribution in [0.4, 0.5) is 0 Å². The SMILES string of the molecule is CCc1nc(CN2CCCC(C)C2)sc1/C=C/C(=O)O. The summed E-state index contributed by atoms with van der Waals surface area (Å²) in [5, 5.41) is 9.82. The van der Waals surface area contributed by atoms with Crippen LogP contribution in [0.2, 0.25) is 0 Å². The van der Waals surface area contributed by atoms with Crippen molar-refractivity contribution >= 4 is 23.4 Å². The second-order valence-corrected chi connectivity index (χ2v) is 6.54. The van der Waals surface area contributed by atoms with Gasteiger partial charge in [0.1, 0.15) is 5.01 Å². The average molecular weight is 294 g/mol. The number of rotatable bonds is 5. The standard InChI is InChI=1S/C15H22N2O2S/c1-3-12-13(6-7-15(18)19)20-14(16-12)10-17-8-4-5-11(2)9-17/h6-7,11H,3-5,8-10H2,1-2H3,(H,18,19)/b7-6+. The lowest BCUT2D eigenvalue weighted by atomic mass is 10.0. The summed E-state index contributed by atoms with van der Waals surface area (Å²) in [4.78, 5) is 18.7. The minimum absolute atomic E-state index is 0.765. The van der Waals surface area contributed by atoms with Gasteiger partial charge >= 0.3 is 5.97 Å². The van der Waals surface area contributed by atoms with E-state index < -0.39 is 5.97 Å². The average Bonchev–Trinajstić information content (AvgIpc) is 2.78. The number of aromatic nitrogens is 1. The molecule has 1 fully saturated rings. The highest BCUT2D eigenvalue weighted by Crippen LogP contribution is 2.24. The molecule has 1 aliphatic rings. The Morgan fingerprint density at radius 2 is 2.40 bits per heavy atom. The van der Waals surface area contributed by atoms with Crippen LogP contribution < -0.4 is 0 Å². The first-order valence-electron chi connectivity index (χ1n) is 7.20.